The van der Waals surface area contributed by atoms with Crippen molar-refractivity contribution >= 4 is 5.82 Å². The molecule has 134 valence electrons. The van der Waals surface area contributed by atoms with Gasteiger partial charge in [0.15, 0.2) is 5.89 Å². The standard InChI is InChI=1S/C17H21F2N5O/c1-11-20-13(10-25-11)9-23-4-6-24(7-5-23)15-8-14(16(18)19)21-17(22-15)12-2-3-12/h8,10,12,16H,2-7,9H2,1H3. The van der Waals surface area contributed by atoms with E-state index in [0.29, 0.717) is 17.5 Å². The van der Waals surface area contributed by atoms with Crippen molar-refractivity contribution in [3.63, 3.8) is 0 Å². The Hall–Kier alpha value is -2.09. The number of oxazole rings is 1. The molecule has 0 spiro atoms. The molecule has 2 aromatic heterocycles. The second kappa shape index (κ2) is 6.67. The number of aromatic nitrogens is 3. The molecule has 0 atom stereocenters. The van der Waals surface area contributed by atoms with Crippen LogP contribution in [-0.2, 0) is 6.54 Å². The van der Waals surface area contributed by atoms with Gasteiger partial charge in [0.1, 0.15) is 23.6 Å². The lowest BCUT2D eigenvalue weighted by Gasteiger charge is -2.35. The molecule has 0 amide bonds. The van der Waals surface area contributed by atoms with E-state index in [0.717, 1.165) is 51.3 Å². The van der Waals surface area contributed by atoms with Gasteiger partial charge in [-0.05, 0) is 12.8 Å². The summed E-state index contributed by atoms with van der Waals surface area (Å²) < 4.78 is 31.5. The van der Waals surface area contributed by atoms with Crippen molar-refractivity contribution in [3.8, 4) is 0 Å². The zero-order valence-corrected chi connectivity index (χ0v) is 14.2. The number of alkyl halides is 2. The van der Waals surface area contributed by atoms with E-state index in [1.54, 1.807) is 6.26 Å². The van der Waals surface area contributed by atoms with E-state index in [1.807, 2.05) is 6.92 Å². The zero-order chi connectivity index (χ0) is 17.4. The van der Waals surface area contributed by atoms with E-state index in [1.165, 1.54) is 6.07 Å². The highest BCUT2D eigenvalue weighted by Gasteiger charge is 2.29. The van der Waals surface area contributed by atoms with Crippen LogP contribution in [0.15, 0.2) is 16.7 Å². The Bertz CT molecular complexity index is 718. The summed E-state index contributed by atoms with van der Waals surface area (Å²) in [7, 11) is 0. The predicted molar refractivity (Wildman–Crippen MR) is 87.7 cm³/mol. The van der Waals surface area contributed by atoms with Crippen molar-refractivity contribution in [1.82, 2.24) is 19.9 Å². The van der Waals surface area contributed by atoms with E-state index in [2.05, 4.69) is 24.8 Å². The molecule has 6 nitrogen and oxygen atoms in total. The van der Waals surface area contributed by atoms with Gasteiger partial charge in [0.05, 0.1) is 5.69 Å². The number of halogens is 2. The molecule has 0 bridgehead atoms. The smallest absolute Gasteiger partial charge is 0.280 e. The van der Waals surface area contributed by atoms with Gasteiger partial charge in [0.25, 0.3) is 6.43 Å². The number of nitrogens with zero attached hydrogens (tertiary/aromatic N) is 5. The Morgan fingerprint density at radius 1 is 1.16 bits per heavy atom. The van der Waals surface area contributed by atoms with Crippen LogP contribution in [0.2, 0.25) is 0 Å². The number of hydrogen-bond acceptors (Lipinski definition) is 6. The summed E-state index contributed by atoms with van der Waals surface area (Å²) in [4.78, 5) is 17.3. The molecule has 1 saturated carbocycles. The van der Waals surface area contributed by atoms with Crippen LogP contribution < -0.4 is 4.90 Å². The Balaban J connectivity index is 1.43. The first-order chi connectivity index (χ1) is 12.1. The fourth-order valence-electron chi connectivity index (χ4n) is 3.11. The number of rotatable bonds is 5. The van der Waals surface area contributed by atoms with Crippen LogP contribution in [0.1, 0.15) is 48.3 Å². The van der Waals surface area contributed by atoms with Gasteiger partial charge in [-0.25, -0.2) is 23.7 Å². The molecule has 0 unspecified atom stereocenters. The fraction of sp³-hybridized carbons (Fsp3) is 0.588. The van der Waals surface area contributed by atoms with Gasteiger partial charge in [-0.3, -0.25) is 4.90 Å². The average molecular weight is 349 g/mol. The summed E-state index contributed by atoms with van der Waals surface area (Å²) in [5, 5.41) is 0. The highest BCUT2D eigenvalue weighted by Crippen LogP contribution is 2.39. The molecule has 25 heavy (non-hydrogen) atoms. The molecular formula is C17H21F2N5O. The van der Waals surface area contributed by atoms with Gasteiger partial charge in [-0.2, -0.15) is 0 Å². The van der Waals surface area contributed by atoms with Gasteiger partial charge in [0.2, 0.25) is 0 Å². The molecule has 1 aliphatic heterocycles. The van der Waals surface area contributed by atoms with E-state index in [9.17, 15) is 8.78 Å². The quantitative estimate of drug-likeness (QED) is 0.827. The Labute approximate surface area is 144 Å². The van der Waals surface area contributed by atoms with Crippen LogP contribution >= 0.6 is 0 Å². The van der Waals surface area contributed by atoms with Gasteiger partial charge >= 0.3 is 0 Å². The lowest BCUT2D eigenvalue weighted by molar-refractivity contribution is 0.145. The molecule has 3 heterocycles. The van der Waals surface area contributed by atoms with Crippen molar-refractivity contribution in [3.05, 3.63) is 35.4 Å². The molecule has 4 rings (SSSR count). The number of hydrogen-bond donors (Lipinski definition) is 0. The Morgan fingerprint density at radius 3 is 2.52 bits per heavy atom. The third kappa shape index (κ3) is 3.78. The SMILES string of the molecule is Cc1nc(CN2CCN(c3cc(C(F)F)nc(C4CC4)n3)CC2)co1. The second-order valence-corrected chi connectivity index (χ2v) is 6.71. The highest BCUT2D eigenvalue weighted by atomic mass is 19.3. The number of piperazine rings is 1. The monoisotopic (exact) mass is 349 g/mol. The normalized spacial score (nSPS) is 19.0. The van der Waals surface area contributed by atoms with E-state index in [-0.39, 0.29) is 11.6 Å². The lowest BCUT2D eigenvalue weighted by atomic mass is 10.2. The first kappa shape index (κ1) is 16.4. The van der Waals surface area contributed by atoms with Crippen molar-refractivity contribution in [2.75, 3.05) is 31.1 Å². The average Bonchev–Trinajstić information content (AvgIpc) is 3.38. The second-order valence-electron chi connectivity index (χ2n) is 6.71. The third-order valence-electron chi connectivity index (χ3n) is 4.66. The van der Waals surface area contributed by atoms with Crippen molar-refractivity contribution < 1.29 is 13.2 Å². The molecule has 1 saturated heterocycles. The number of anilines is 1. The largest absolute Gasteiger partial charge is 0.449 e. The zero-order valence-electron chi connectivity index (χ0n) is 14.2. The van der Waals surface area contributed by atoms with Gasteiger partial charge < -0.3 is 9.32 Å². The van der Waals surface area contributed by atoms with Crippen LogP contribution in [-0.4, -0.2) is 46.0 Å². The van der Waals surface area contributed by atoms with Crippen LogP contribution in [0.4, 0.5) is 14.6 Å². The first-order valence-corrected chi connectivity index (χ1v) is 8.64. The summed E-state index contributed by atoms with van der Waals surface area (Å²) in [6, 6.07) is 1.44. The maximum atomic E-state index is 13.2. The van der Waals surface area contributed by atoms with Crippen molar-refractivity contribution in [2.24, 2.45) is 0 Å². The minimum absolute atomic E-state index is 0.160. The molecular weight excluding hydrogens is 328 g/mol. The summed E-state index contributed by atoms with van der Waals surface area (Å²) in [6.45, 7) is 5.73. The summed E-state index contributed by atoms with van der Waals surface area (Å²) >= 11 is 0. The van der Waals surface area contributed by atoms with E-state index >= 15 is 0 Å². The molecule has 0 radical (unpaired) electrons. The number of aryl methyl sites for hydroxylation is 1. The molecule has 2 aliphatic rings. The topological polar surface area (TPSA) is 58.3 Å². The molecule has 2 aromatic rings. The minimum Gasteiger partial charge on any atom is -0.449 e. The molecule has 8 heteroatoms. The maximum absolute atomic E-state index is 13.2. The van der Waals surface area contributed by atoms with Crippen LogP contribution in [0, 0.1) is 6.92 Å². The Morgan fingerprint density at radius 2 is 1.92 bits per heavy atom. The van der Waals surface area contributed by atoms with Gasteiger partial charge in [0, 0.05) is 51.6 Å². The molecule has 2 fully saturated rings. The summed E-state index contributed by atoms with van der Waals surface area (Å²) in [6.07, 6.45) is 1.12. The van der Waals surface area contributed by atoms with Gasteiger partial charge in [-0.1, -0.05) is 0 Å². The summed E-state index contributed by atoms with van der Waals surface area (Å²) in [5.41, 5.74) is 0.761. The fourth-order valence-corrected chi connectivity index (χ4v) is 3.11. The van der Waals surface area contributed by atoms with E-state index in [4.69, 9.17) is 4.42 Å². The Kier molecular flexibility index (Phi) is 4.37. The van der Waals surface area contributed by atoms with Crippen molar-refractivity contribution in [1.29, 1.82) is 0 Å². The minimum atomic E-state index is -2.56. The maximum Gasteiger partial charge on any atom is 0.280 e. The third-order valence-corrected chi connectivity index (χ3v) is 4.66. The lowest BCUT2D eigenvalue weighted by Crippen LogP contribution is -2.46. The highest BCUT2D eigenvalue weighted by molar-refractivity contribution is 5.41. The first-order valence-electron chi connectivity index (χ1n) is 8.64. The summed E-state index contributed by atoms with van der Waals surface area (Å²) in [5.74, 6) is 2.13. The van der Waals surface area contributed by atoms with E-state index < -0.39 is 6.43 Å². The van der Waals surface area contributed by atoms with Crippen LogP contribution in [0.25, 0.3) is 0 Å². The molecule has 0 N–H and O–H groups in total. The van der Waals surface area contributed by atoms with Crippen LogP contribution in [0.3, 0.4) is 0 Å². The van der Waals surface area contributed by atoms with Crippen molar-refractivity contribution in [2.45, 2.75) is 38.7 Å². The molecule has 0 aromatic carbocycles. The molecule has 1 aliphatic carbocycles. The van der Waals surface area contributed by atoms with Gasteiger partial charge in [-0.15, -0.1) is 0 Å². The predicted octanol–water partition coefficient (Wildman–Crippen LogP) is 2.91. The van der Waals surface area contributed by atoms with Crippen LogP contribution in [0.5, 0.6) is 0 Å².